The molecular weight excluding hydrogens is 294 g/mol. The summed E-state index contributed by atoms with van der Waals surface area (Å²) in [7, 11) is 4.04. The summed E-state index contributed by atoms with van der Waals surface area (Å²) in [5.41, 5.74) is 2.39. The van der Waals surface area contributed by atoms with Gasteiger partial charge in [-0.05, 0) is 24.8 Å². The summed E-state index contributed by atoms with van der Waals surface area (Å²) in [6.45, 7) is 5.08. The smallest absolute Gasteiger partial charge is 0.260 e. The lowest BCUT2D eigenvalue weighted by atomic mass is 10.1. The predicted molar refractivity (Wildman–Crippen MR) is 94.2 cm³/mol. The second-order valence-corrected chi connectivity index (χ2v) is 7.07. The van der Waals surface area contributed by atoms with Gasteiger partial charge in [0.2, 0.25) is 0 Å². The fourth-order valence-electron chi connectivity index (χ4n) is 2.83. The molecule has 0 atom stereocenters. The van der Waals surface area contributed by atoms with Crippen LogP contribution in [0, 0.1) is 0 Å². The van der Waals surface area contributed by atoms with Crippen LogP contribution >= 0.6 is 11.8 Å². The molecule has 1 aromatic rings. The molecule has 3 rings (SSSR count). The fourth-order valence-corrected chi connectivity index (χ4v) is 3.91. The van der Waals surface area contributed by atoms with Crippen LogP contribution in [-0.4, -0.2) is 68.3 Å². The van der Waals surface area contributed by atoms with Crippen molar-refractivity contribution >= 4 is 29.4 Å². The van der Waals surface area contributed by atoms with E-state index >= 15 is 0 Å². The number of anilines is 1. The van der Waals surface area contributed by atoms with Crippen LogP contribution in [0.15, 0.2) is 29.2 Å². The number of thioether (sulfide) groups is 1. The van der Waals surface area contributed by atoms with Crippen molar-refractivity contribution in [2.45, 2.75) is 0 Å². The molecule has 2 aliphatic rings. The van der Waals surface area contributed by atoms with E-state index in [1.54, 1.807) is 16.7 Å². The lowest BCUT2D eigenvalue weighted by Crippen LogP contribution is -2.44. The van der Waals surface area contributed by atoms with E-state index < -0.39 is 0 Å². The summed E-state index contributed by atoms with van der Waals surface area (Å²) in [5, 5.41) is 0. The first-order valence-corrected chi connectivity index (χ1v) is 8.76. The second kappa shape index (κ2) is 6.75. The molecule has 0 spiro atoms. The Morgan fingerprint density at radius 3 is 2.55 bits per heavy atom. The van der Waals surface area contributed by atoms with E-state index in [0.29, 0.717) is 0 Å². The van der Waals surface area contributed by atoms with Crippen molar-refractivity contribution in [3.63, 3.8) is 0 Å². The number of amides is 1. The highest BCUT2D eigenvalue weighted by Gasteiger charge is 2.22. The fraction of sp³-hybridized carbons (Fsp3) is 0.471. The number of carbonyl (C=O) groups is 1. The average molecular weight is 317 g/mol. The number of likely N-dealkylation sites (N-methyl/N-ethyl adjacent to an activating group) is 2. The maximum absolute atomic E-state index is 12.3. The first kappa shape index (κ1) is 15.4. The highest BCUT2D eigenvalue weighted by atomic mass is 32.2. The van der Waals surface area contributed by atoms with E-state index in [9.17, 15) is 4.79 Å². The van der Waals surface area contributed by atoms with Crippen LogP contribution in [0.25, 0.3) is 6.08 Å². The van der Waals surface area contributed by atoms with Gasteiger partial charge in [-0.3, -0.25) is 4.79 Å². The number of nitrogens with zero attached hydrogens (tertiary/aromatic N) is 3. The molecule has 0 aliphatic carbocycles. The maximum Gasteiger partial charge on any atom is 0.260 e. The molecule has 0 radical (unpaired) electrons. The standard InChI is InChI=1S/C17H23N3OS/c1-18-7-9-20(10-8-18)15-6-4-3-5-14(15)13-16-17(21)19(2)11-12-22-16/h3-6,13H,7-12H2,1-2H3. The van der Waals surface area contributed by atoms with Gasteiger partial charge in [-0.25, -0.2) is 0 Å². The summed E-state index contributed by atoms with van der Waals surface area (Å²) < 4.78 is 0. The van der Waals surface area contributed by atoms with Gasteiger partial charge in [0.1, 0.15) is 0 Å². The van der Waals surface area contributed by atoms with Crippen molar-refractivity contribution in [1.82, 2.24) is 9.80 Å². The molecule has 1 amide bonds. The number of carbonyl (C=O) groups excluding carboxylic acids is 1. The number of hydrogen-bond acceptors (Lipinski definition) is 4. The minimum Gasteiger partial charge on any atom is -0.368 e. The maximum atomic E-state index is 12.3. The monoisotopic (exact) mass is 317 g/mol. The highest BCUT2D eigenvalue weighted by Crippen LogP contribution is 2.29. The van der Waals surface area contributed by atoms with Crippen LogP contribution in [0.5, 0.6) is 0 Å². The number of para-hydroxylation sites is 1. The van der Waals surface area contributed by atoms with Crippen molar-refractivity contribution < 1.29 is 4.79 Å². The van der Waals surface area contributed by atoms with Crippen molar-refractivity contribution in [3.05, 3.63) is 34.7 Å². The van der Waals surface area contributed by atoms with E-state index in [4.69, 9.17) is 0 Å². The molecule has 0 N–H and O–H groups in total. The van der Waals surface area contributed by atoms with Crippen LogP contribution in [0.1, 0.15) is 5.56 Å². The Morgan fingerprint density at radius 2 is 1.77 bits per heavy atom. The third kappa shape index (κ3) is 3.31. The van der Waals surface area contributed by atoms with Gasteiger partial charge in [0.15, 0.2) is 0 Å². The summed E-state index contributed by atoms with van der Waals surface area (Å²) in [4.78, 5) is 19.7. The van der Waals surface area contributed by atoms with Crippen molar-refractivity contribution in [3.8, 4) is 0 Å². The summed E-state index contributed by atoms with van der Waals surface area (Å²) >= 11 is 1.67. The Hall–Kier alpha value is -1.46. The molecule has 118 valence electrons. The molecule has 4 nitrogen and oxygen atoms in total. The van der Waals surface area contributed by atoms with Crippen LogP contribution in [0.3, 0.4) is 0 Å². The number of benzene rings is 1. The third-order valence-electron chi connectivity index (χ3n) is 4.31. The van der Waals surface area contributed by atoms with Crippen molar-refractivity contribution in [2.75, 3.05) is 57.5 Å². The first-order chi connectivity index (χ1) is 10.6. The van der Waals surface area contributed by atoms with Crippen LogP contribution < -0.4 is 4.90 Å². The SMILES string of the molecule is CN1CCN(c2ccccc2C=C2SCCN(C)C2=O)CC1. The van der Waals surface area contributed by atoms with Gasteiger partial charge in [-0.15, -0.1) is 11.8 Å². The Kier molecular flexibility index (Phi) is 4.74. The summed E-state index contributed by atoms with van der Waals surface area (Å²) in [5.74, 6) is 1.12. The molecule has 2 saturated heterocycles. The molecule has 2 fully saturated rings. The van der Waals surface area contributed by atoms with E-state index in [-0.39, 0.29) is 5.91 Å². The Labute approximate surface area is 136 Å². The minimum absolute atomic E-state index is 0.143. The van der Waals surface area contributed by atoms with E-state index in [0.717, 1.165) is 48.9 Å². The molecule has 22 heavy (non-hydrogen) atoms. The van der Waals surface area contributed by atoms with Gasteiger partial charge in [0.05, 0.1) is 4.91 Å². The third-order valence-corrected chi connectivity index (χ3v) is 5.30. The molecule has 2 heterocycles. The van der Waals surface area contributed by atoms with Gasteiger partial charge in [-0.1, -0.05) is 18.2 Å². The van der Waals surface area contributed by atoms with E-state index in [1.807, 2.05) is 13.1 Å². The lowest BCUT2D eigenvalue weighted by molar-refractivity contribution is -0.125. The normalized spacial score (nSPS) is 22.5. The van der Waals surface area contributed by atoms with Crippen molar-refractivity contribution in [2.24, 2.45) is 0 Å². The van der Waals surface area contributed by atoms with Crippen LogP contribution in [0.2, 0.25) is 0 Å². The second-order valence-electron chi connectivity index (χ2n) is 5.93. The average Bonchev–Trinajstić information content (AvgIpc) is 2.53. The molecule has 1 aromatic carbocycles. The lowest BCUT2D eigenvalue weighted by Gasteiger charge is -2.35. The van der Waals surface area contributed by atoms with Gasteiger partial charge in [0, 0.05) is 51.2 Å². The van der Waals surface area contributed by atoms with Crippen LogP contribution in [-0.2, 0) is 4.79 Å². The molecule has 5 heteroatoms. The zero-order chi connectivity index (χ0) is 15.5. The number of rotatable bonds is 2. The van der Waals surface area contributed by atoms with E-state index in [1.165, 1.54) is 5.69 Å². The largest absolute Gasteiger partial charge is 0.368 e. The molecule has 0 bridgehead atoms. The Bertz CT molecular complexity index is 579. The quantitative estimate of drug-likeness (QED) is 0.780. The molecule has 0 aromatic heterocycles. The van der Waals surface area contributed by atoms with Gasteiger partial charge >= 0.3 is 0 Å². The van der Waals surface area contributed by atoms with Crippen molar-refractivity contribution in [1.29, 1.82) is 0 Å². The first-order valence-electron chi connectivity index (χ1n) is 7.77. The van der Waals surface area contributed by atoms with Gasteiger partial charge < -0.3 is 14.7 Å². The highest BCUT2D eigenvalue weighted by molar-refractivity contribution is 8.04. The summed E-state index contributed by atoms with van der Waals surface area (Å²) in [6.07, 6.45) is 2.07. The zero-order valence-corrected chi connectivity index (χ0v) is 14.1. The topological polar surface area (TPSA) is 26.8 Å². The van der Waals surface area contributed by atoms with E-state index in [2.05, 4.69) is 41.1 Å². The Balaban J connectivity index is 1.86. The molecule has 0 saturated carbocycles. The predicted octanol–water partition coefficient (Wildman–Crippen LogP) is 1.98. The number of hydrogen-bond donors (Lipinski definition) is 0. The Morgan fingerprint density at radius 1 is 1.05 bits per heavy atom. The van der Waals surface area contributed by atoms with Gasteiger partial charge in [0.25, 0.3) is 5.91 Å². The molecular formula is C17H23N3OS. The number of piperazine rings is 1. The molecule has 0 unspecified atom stereocenters. The summed E-state index contributed by atoms with van der Waals surface area (Å²) in [6, 6.07) is 8.41. The zero-order valence-electron chi connectivity index (χ0n) is 13.3. The van der Waals surface area contributed by atoms with Crippen LogP contribution in [0.4, 0.5) is 5.69 Å². The minimum atomic E-state index is 0.143. The van der Waals surface area contributed by atoms with Gasteiger partial charge in [-0.2, -0.15) is 0 Å². The molecule has 2 aliphatic heterocycles.